The number of ketones is 1. The summed E-state index contributed by atoms with van der Waals surface area (Å²) >= 11 is 0. The number of amides is 2. The van der Waals surface area contributed by atoms with Gasteiger partial charge in [-0.1, -0.05) is 149 Å². The van der Waals surface area contributed by atoms with Crippen molar-refractivity contribution in [2.75, 3.05) is 0 Å². The number of Topliss-reactive ketones (excluding diaryl/α,β-unsaturated/α-hetero) is 1. The van der Waals surface area contributed by atoms with Gasteiger partial charge in [0, 0.05) is 12.8 Å². The third-order valence-corrected chi connectivity index (χ3v) is 7.35. The molecule has 0 aliphatic heterocycles. The first-order valence-electron chi connectivity index (χ1n) is 15.9. The first-order chi connectivity index (χ1) is 17.6. The van der Waals surface area contributed by atoms with E-state index in [1.165, 1.54) is 89.9 Å². The Morgan fingerprint density at radius 1 is 0.472 bits per heavy atom. The zero-order valence-corrected chi connectivity index (χ0v) is 24.5. The quantitative estimate of drug-likeness (QED) is 0.0889. The molecule has 2 amide bonds. The Hall–Kier alpha value is -1.19. The van der Waals surface area contributed by atoms with Crippen molar-refractivity contribution >= 4 is 17.6 Å². The Morgan fingerprint density at radius 2 is 0.833 bits per heavy atom. The van der Waals surface area contributed by atoms with E-state index < -0.39 is 5.92 Å². The third-order valence-electron chi connectivity index (χ3n) is 7.35. The van der Waals surface area contributed by atoms with Crippen LogP contribution in [0.25, 0.3) is 0 Å². The molecule has 0 aromatic carbocycles. The van der Waals surface area contributed by atoms with Crippen LogP contribution in [0.1, 0.15) is 181 Å². The average molecular weight is 508 g/mol. The van der Waals surface area contributed by atoms with Crippen LogP contribution in [0.4, 0.5) is 0 Å². The van der Waals surface area contributed by atoms with Gasteiger partial charge in [-0.2, -0.15) is 0 Å². The highest BCUT2D eigenvalue weighted by molar-refractivity contribution is 6.07. The molecule has 1 N–H and O–H groups in total. The normalized spacial score (nSPS) is 12.0. The number of rotatable bonds is 27. The van der Waals surface area contributed by atoms with E-state index in [9.17, 15) is 14.4 Å². The molecule has 0 bridgehead atoms. The van der Waals surface area contributed by atoms with Gasteiger partial charge in [0.1, 0.15) is 5.78 Å². The molecule has 212 valence electrons. The van der Waals surface area contributed by atoms with Crippen LogP contribution < -0.4 is 5.32 Å². The number of carbonyl (C=O) groups excluding carboxylic acids is 3. The fourth-order valence-corrected chi connectivity index (χ4v) is 4.88. The summed E-state index contributed by atoms with van der Waals surface area (Å²) in [5.41, 5.74) is 0. The second-order valence-corrected chi connectivity index (χ2v) is 10.9. The van der Waals surface area contributed by atoms with Crippen LogP contribution in [0.15, 0.2) is 0 Å². The van der Waals surface area contributed by atoms with Crippen molar-refractivity contribution < 1.29 is 14.4 Å². The summed E-state index contributed by atoms with van der Waals surface area (Å²) in [5.74, 6) is -1.18. The van der Waals surface area contributed by atoms with Crippen LogP contribution in [0.3, 0.4) is 0 Å². The summed E-state index contributed by atoms with van der Waals surface area (Å²) < 4.78 is 0. The van der Waals surface area contributed by atoms with Crippen molar-refractivity contribution in [1.29, 1.82) is 0 Å². The maximum Gasteiger partial charge on any atom is 0.237 e. The molecule has 0 fully saturated rings. The van der Waals surface area contributed by atoms with E-state index in [1.807, 2.05) is 0 Å². The third kappa shape index (κ3) is 22.0. The van der Waals surface area contributed by atoms with Gasteiger partial charge in [-0.3, -0.25) is 19.7 Å². The highest BCUT2D eigenvalue weighted by atomic mass is 16.2. The summed E-state index contributed by atoms with van der Waals surface area (Å²) in [4.78, 5) is 38.2. The summed E-state index contributed by atoms with van der Waals surface area (Å²) in [6.07, 6.45) is 27.1. The molecule has 36 heavy (non-hydrogen) atoms. The minimum absolute atomic E-state index is 0.0349. The predicted molar refractivity (Wildman–Crippen MR) is 154 cm³/mol. The molecule has 0 aromatic rings. The molecule has 0 rings (SSSR count). The minimum Gasteiger partial charge on any atom is -0.299 e. The van der Waals surface area contributed by atoms with Crippen LogP contribution in [0.5, 0.6) is 0 Å². The molecule has 1 atom stereocenters. The lowest BCUT2D eigenvalue weighted by Gasteiger charge is -2.15. The van der Waals surface area contributed by atoms with Gasteiger partial charge in [0.05, 0.1) is 5.92 Å². The molecular formula is C32H61NO3. The standard InChI is InChI=1S/C32H61NO3/c1-4-7-10-13-16-17-19-21-24-27-30(34)29(26-23-20-15-12-9-6-3)32(36)33-31(35)28-25-22-18-14-11-8-5-2/h29H,4-28H2,1-3H3,(H,33,35,36). The van der Waals surface area contributed by atoms with Gasteiger partial charge < -0.3 is 0 Å². The number of imide groups is 1. The first kappa shape index (κ1) is 34.8. The molecule has 0 aromatic heterocycles. The Kier molecular flexibility index (Phi) is 26.0. The monoisotopic (exact) mass is 507 g/mol. The van der Waals surface area contributed by atoms with Crippen molar-refractivity contribution in [2.45, 2.75) is 181 Å². The second-order valence-electron chi connectivity index (χ2n) is 10.9. The molecule has 0 aliphatic carbocycles. The Morgan fingerprint density at radius 3 is 1.28 bits per heavy atom. The summed E-state index contributed by atoms with van der Waals surface area (Å²) in [6.45, 7) is 6.65. The molecule has 0 heterocycles. The van der Waals surface area contributed by atoms with Gasteiger partial charge in [0.25, 0.3) is 0 Å². The number of unbranched alkanes of at least 4 members (excludes halogenated alkanes) is 19. The van der Waals surface area contributed by atoms with Crippen molar-refractivity contribution in [2.24, 2.45) is 5.92 Å². The van der Waals surface area contributed by atoms with E-state index in [1.54, 1.807) is 0 Å². The van der Waals surface area contributed by atoms with Crippen molar-refractivity contribution in [3.05, 3.63) is 0 Å². The van der Waals surface area contributed by atoms with Crippen molar-refractivity contribution in [3.8, 4) is 0 Å². The van der Waals surface area contributed by atoms with E-state index in [0.717, 1.165) is 51.4 Å². The van der Waals surface area contributed by atoms with Crippen LogP contribution in [0.2, 0.25) is 0 Å². The zero-order chi connectivity index (χ0) is 26.7. The molecule has 0 aliphatic rings. The fourth-order valence-electron chi connectivity index (χ4n) is 4.88. The lowest BCUT2D eigenvalue weighted by molar-refractivity contribution is -0.137. The van der Waals surface area contributed by atoms with Gasteiger partial charge in [0.2, 0.25) is 11.8 Å². The lowest BCUT2D eigenvalue weighted by Crippen LogP contribution is -2.39. The summed E-state index contributed by atoms with van der Waals surface area (Å²) in [6, 6.07) is 0. The summed E-state index contributed by atoms with van der Waals surface area (Å²) in [5, 5.41) is 2.57. The summed E-state index contributed by atoms with van der Waals surface area (Å²) in [7, 11) is 0. The van der Waals surface area contributed by atoms with Crippen molar-refractivity contribution in [3.63, 3.8) is 0 Å². The van der Waals surface area contributed by atoms with Gasteiger partial charge in [0.15, 0.2) is 0 Å². The van der Waals surface area contributed by atoms with Crippen LogP contribution in [-0.4, -0.2) is 17.6 Å². The number of hydrogen-bond acceptors (Lipinski definition) is 3. The molecule has 0 spiro atoms. The first-order valence-corrected chi connectivity index (χ1v) is 15.9. The Labute approximate surface area is 224 Å². The molecule has 0 saturated heterocycles. The van der Waals surface area contributed by atoms with Crippen LogP contribution in [-0.2, 0) is 14.4 Å². The largest absolute Gasteiger partial charge is 0.299 e. The van der Waals surface area contributed by atoms with Crippen molar-refractivity contribution in [1.82, 2.24) is 5.32 Å². The number of carbonyl (C=O) groups is 3. The smallest absolute Gasteiger partial charge is 0.237 e. The van der Waals surface area contributed by atoms with E-state index >= 15 is 0 Å². The van der Waals surface area contributed by atoms with Gasteiger partial charge >= 0.3 is 0 Å². The maximum atomic E-state index is 13.0. The molecule has 1 unspecified atom stereocenters. The van der Waals surface area contributed by atoms with E-state index in [4.69, 9.17) is 0 Å². The Bertz CT molecular complexity index is 531. The number of nitrogens with one attached hydrogen (secondary N) is 1. The lowest BCUT2D eigenvalue weighted by atomic mass is 9.92. The highest BCUT2D eigenvalue weighted by Crippen LogP contribution is 2.18. The average Bonchev–Trinajstić information content (AvgIpc) is 2.86. The topological polar surface area (TPSA) is 63.2 Å². The van der Waals surface area contributed by atoms with Gasteiger partial charge in [-0.15, -0.1) is 0 Å². The number of hydrogen-bond donors (Lipinski definition) is 1. The fraction of sp³-hybridized carbons (Fsp3) is 0.906. The SMILES string of the molecule is CCCCCCCCCCCC(=O)C(CCCCCCCC)C(=O)NC(=O)CCCCCCCCC. The minimum atomic E-state index is -0.650. The second kappa shape index (κ2) is 26.9. The Balaban J connectivity index is 4.37. The molecule has 0 radical (unpaired) electrons. The molecule has 0 saturated carbocycles. The predicted octanol–water partition coefficient (Wildman–Crippen LogP) is 9.63. The van der Waals surface area contributed by atoms with E-state index in [0.29, 0.717) is 19.3 Å². The molecule has 4 heteroatoms. The van der Waals surface area contributed by atoms with Gasteiger partial charge in [-0.05, 0) is 19.3 Å². The molecule has 4 nitrogen and oxygen atoms in total. The van der Waals surface area contributed by atoms with Crippen LogP contribution >= 0.6 is 0 Å². The maximum absolute atomic E-state index is 13.0. The van der Waals surface area contributed by atoms with E-state index in [2.05, 4.69) is 26.1 Å². The highest BCUT2D eigenvalue weighted by Gasteiger charge is 2.26. The zero-order valence-electron chi connectivity index (χ0n) is 24.5. The molecular weight excluding hydrogens is 446 g/mol. The van der Waals surface area contributed by atoms with Gasteiger partial charge in [-0.25, -0.2) is 0 Å². The van der Waals surface area contributed by atoms with Crippen LogP contribution in [0, 0.1) is 5.92 Å². The van der Waals surface area contributed by atoms with E-state index in [-0.39, 0.29) is 17.6 Å².